The van der Waals surface area contributed by atoms with Crippen molar-refractivity contribution in [3.63, 3.8) is 0 Å². The molecule has 5 nitrogen and oxygen atoms in total. The molecule has 0 unspecified atom stereocenters. The topological polar surface area (TPSA) is 63.2 Å². The van der Waals surface area contributed by atoms with E-state index in [0.717, 1.165) is 43.9 Å². The van der Waals surface area contributed by atoms with Crippen LogP contribution < -0.4 is 10.6 Å². The van der Waals surface area contributed by atoms with Gasteiger partial charge in [-0.2, -0.15) is 0 Å². The van der Waals surface area contributed by atoms with Gasteiger partial charge in [0.25, 0.3) is 0 Å². The first-order valence-electron chi connectivity index (χ1n) is 7.24. The fourth-order valence-corrected chi connectivity index (χ4v) is 2.37. The highest BCUT2D eigenvalue weighted by Crippen LogP contribution is 2.16. The zero-order chi connectivity index (χ0) is 14.2. The van der Waals surface area contributed by atoms with Crippen molar-refractivity contribution in [1.82, 2.24) is 10.3 Å². The van der Waals surface area contributed by atoms with Gasteiger partial charge in [-0.3, -0.25) is 9.78 Å². The molecule has 0 radical (unpaired) electrons. The third-order valence-electron chi connectivity index (χ3n) is 3.51. The lowest BCUT2D eigenvalue weighted by atomic mass is 9.98. The molecule has 1 aromatic rings. The lowest BCUT2D eigenvalue weighted by Gasteiger charge is -2.21. The van der Waals surface area contributed by atoms with E-state index in [2.05, 4.69) is 15.6 Å². The van der Waals surface area contributed by atoms with E-state index in [1.807, 2.05) is 19.2 Å². The fourth-order valence-electron chi connectivity index (χ4n) is 2.37. The van der Waals surface area contributed by atoms with Gasteiger partial charge in [-0.05, 0) is 37.3 Å². The van der Waals surface area contributed by atoms with Crippen LogP contribution in [-0.4, -0.2) is 37.2 Å². The average molecular weight is 277 g/mol. The fraction of sp³-hybridized carbons (Fsp3) is 0.600. The summed E-state index contributed by atoms with van der Waals surface area (Å²) in [5.41, 5.74) is 2.17. The molecular weight excluding hydrogens is 254 g/mol. The lowest BCUT2D eigenvalue weighted by molar-refractivity contribution is -0.123. The van der Waals surface area contributed by atoms with Gasteiger partial charge >= 0.3 is 0 Å². The number of pyridine rings is 1. The van der Waals surface area contributed by atoms with Crippen LogP contribution in [0.3, 0.4) is 0 Å². The van der Waals surface area contributed by atoms with Crippen molar-refractivity contribution >= 4 is 11.6 Å². The Hall–Kier alpha value is -1.62. The number of nitrogens with zero attached hydrogens (tertiary/aromatic N) is 1. The van der Waals surface area contributed by atoms with Crippen LogP contribution in [0.2, 0.25) is 0 Å². The Morgan fingerprint density at radius 2 is 2.40 bits per heavy atom. The standard InChI is InChI=1S/C15H23N3O2/c1-12-10-16-5-4-14(12)17-6-7-18-15(19)9-13-3-2-8-20-11-13/h4-5,10,13H,2-3,6-9,11H2,1H3,(H,16,17)(H,18,19)/t13-/m1/s1. The van der Waals surface area contributed by atoms with Gasteiger partial charge in [-0.1, -0.05) is 0 Å². The maximum atomic E-state index is 11.8. The number of nitrogens with one attached hydrogen (secondary N) is 2. The van der Waals surface area contributed by atoms with Gasteiger partial charge in [0, 0.05) is 50.8 Å². The van der Waals surface area contributed by atoms with Gasteiger partial charge in [-0.15, -0.1) is 0 Å². The largest absolute Gasteiger partial charge is 0.383 e. The minimum absolute atomic E-state index is 0.119. The number of rotatable bonds is 6. The maximum absolute atomic E-state index is 11.8. The second-order valence-corrected chi connectivity index (χ2v) is 5.25. The summed E-state index contributed by atoms with van der Waals surface area (Å²) in [6.45, 7) is 4.93. The van der Waals surface area contributed by atoms with Crippen molar-refractivity contribution in [3.8, 4) is 0 Å². The molecule has 1 atom stereocenters. The van der Waals surface area contributed by atoms with E-state index in [1.54, 1.807) is 6.20 Å². The molecule has 1 aliphatic rings. The molecule has 1 aliphatic heterocycles. The molecular formula is C15H23N3O2. The highest BCUT2D eigenvalue weighted by atomic mass is 16.5. The maximum Gasteiger partial charge on any atom is 0.220 e. The Balaban J connectivity index is 1.60. The number of anilines is 1. The minimum atomic E-state index is 0.119. The van der Waals surface area contributed by atoms with Gasteiger partial charge in [0.1, 0.15) is 0 Å². The third-order valence-corrected chi connectivity index (χ3v) is 3.51. The first kappa shape index (κ1) is 14.8. The Kier molecular flexibility index (Phi) is 5.80. The van der Waals surface area contributed by atoms with E-state index in [-0.39, 0.29) is 5.91 Å². The molecule has 0 bridgehead atoms. The van der Waals surface area contributed by atoms with Gasteiger partial charge in [0.2, 0.25) is 5.91 Å². The first-order valence-corrected chi connectivity index (χ1v) is 7.24. The number of carbonyl (C=O) groups is 1. The first-order chi connectivity index (χ1) is 9.75. The monoisotopic (exact) mass is 277 g/mol. The Bertz CT molecular complexity index is 431. The number of amides is 1. The zero-order valence-electron chi connectivity index (χ0n) is 12.0. The van der Waals surface area contributed by atoms with E-state index in [0.29, 0.717) is 18.9 Å². The molecule has 0 saturated carbocycles. The summed E-state index contributed by atoms with van der Waals surface area (Å²) in [7, 11) is 0. The number of hydrogen-bond acceptors (Lipinski definition) is 4. The number of aryl methyl sites for hydroxylation is 1. The van der Waals surface area contributed by atoms with Crippen LogP contribution in [0, 0.1) is 12.8 Å². The lowest BCUT2D eigenvalue weighted by Crippen LogP contribution is -2.32. The minimum Gasteiger partial charge on any atom is -0.383 e. The van der Waals surface area contributed by atoms with Crippen molar-refractivity contribution in [2.45, 2.75) is 26.2 Å². The predicted octanol–water partition coefficient (Wildman–Crippen LogP) is 1.73. The van der Waals surface area contributed by atoms with E-state index in [4.69, 9.17) is 4.74 Å². The van der Waals surface area contributed by atoms with E-state index < -0.39 is 0 Å². The van der Waals surface area contributed by atoms with Crippen LogP contribution in [0.4, 0.5) is 5.69 Å². The van der Waals surface area contributed by atoms with Crippen molar-refractivity contribution < 1.29 is 9.53 Å². The van der Waals surface area contributed by atoms with Gasteiger partial charge < -0.3 is 15.4 Å². The molecule has 1 aromatic heterocycles. The SMILES string of the molecule is Cc1cnccc1NCCNC(=O)C[C@H]1CCCOC1. The summed E-state index contributed by atoms with van der Waals surface area (Å²) in [5.74, 6) is 0.507. The average Bonchev–Trinajstić information content (AvgIpc) is 2.46. The zero-order valence-corrected chi connectivity index (χ0v) is 12.0. The van der Waals surface area contributed by atoms with Crippen LogP contribution in [-0.2, 0) is 9.53 Å². The summed E-state index contributed by atoms with van der Waals surface area (Å²) in [5, 5.41) is 6.24. The number of hydrogen-bond donors (Lipinski definition) is 2. The van der Waals surface area contributed by atoms with Crippen molar-refractivity contribution in [1.29, 1.82) is 0 Å². The molecule has 5 heteroatoms. The molecule has 1 fully saturated rings. The van der Waals surface area contributed by atoms with E-state index >= 15 is 0 Å². The predicted molar refractivity (Wildman–Crippen MR) is 78.6 cm³/mol. The number of carbonyl (C=O) groups excluding carboxylic acids is 1. The molecule has 2 rings (SSSR count). The van der Waals surface area contributed by atoms with Gasteiger partial charge in [0.05, 0.1) is 0 Å². The molecule has 1 amide bonds. The van der Waals surface area contributed by atoms with Crippen LogP contribution >= 0.6 is 0 Å². The van der Waals surface area contributed by atoms with Crippen LogP contribution in [0.25, 0.3) is 0 Å². The molecule has 0 aromatic carbocycles. The van der Waals surface area contributed by atoms with Gasteiger partial charge in [-0.25, -0.2) is 0 Å². The summed E-state index contributed by atoms with van der Waals surface area (Å²) >= 11 is 0. The second-order valence-electron chi connectivity index (χ2n) is 5.25. The van der Waals surface area contributed by atoms with Crippen LogP contribution in [0.5, 0.6) is 0 Å². The number of ether oxygens (including phenoxy) is 1. The highest BCUT2D eigenvalue weighted by molar-refractivity contribution is 5.76. The molecule has 2 heterocycles. The van der Waals surface area contributed by atoms with Crippen LogP contribution in [0.1, 0.15) is 24.8 Å². The summed E-state index contributed by atoms with van der Waals surface area (Å²) in [4.78, 5) is 15.8. The highest BCUT2D eigenvalue weighted by Gasteiger charge is 2.17. The molecule has 2 N–H and O–H groups in total. The second kappa shape index (κ2) is 7.85. The summed E-state index contributed by atoms with van der Waals surface area (Å²) < 4.78 is 5.38. The summed E-state index contributed by atoms with van der Waals surface area (Å²) in [6, 6.07) is 1.94. The summed E-state index contributed by atoms with van der Waals surface area (Å²) in [6.07, 6.45) is 6.33. The van der Waals surface area contributed by atoms with E-state index in [9.17, 15) is 4.79 Å². The van der Waals surface area contributed by atoms with Crippen molar-refractivity contribution in [2.75, 3.05) is 31.6 Å². The number of aromatic nitrogens is 1. The Morgan fingerprint density at radius 3 is 3.15 bits per heavy atom. The molecule has 110 valence electrons. The Labute approximate surface area is 120 Å². The third kappa shape index (κ3) is 4.81. The molecule has 0 aliphatic carbocycles. The van der Waals surface area contributed by atoms with Crippen LogP contribution in [0.15, 0.2) is 18.5 Å². The Morgan fingerprint density at radius 1 is 1.50 bits per heavy atom. The normalized spacial score (nSPS) is 18.6. The van der Waals surface area contributed by atoms with Gasteiger partial charge in [0.15, 0.2) is 0 Å². The quantitative estimate of drug-likeness (QED) is 0.777. The molecule has 1 saturated heterocycles. The smallest absolute Gasteiger partial charge is 0.220 e. The van der Waals surface area contributed by atoms with Crippen molar-refractivity contribution in [2.24, 2.45) is 5.92 Å². The van der Waals surface area contributed by atoms with Crippen molar-refractivity contribution in [3.05, 3.63) is 24.0 Å². The molecule has 20 heavy (non-hydrogen) atoms. The molecule has 0 spiro atoms. The van der Waals surface area contributed by atoms with E-state index in [1.165, 1.54) is 0 Å².